The van der Waals surface area contributed by atoms with Crippen molar-refractivity contribution in [2.75, 3.05) is 6.61 Å². The summed E-state index contributed by atoms with van der Waals surface area (Å²) in [6.07, 6.45) is 0.206. The summed E-state index contributed by atoms with van der Waals surface area (Å²) in [5.74, 6) is 5.56. The van der Waals surface area contributed by atoms with Crippen LogP contribution in [0.1, 0.15) is 25.5 Å². The van der Waals surface area contributed by atoms with E-state index in [1.54, 1.807) is 0 Å². The van der Waals surface area contributed by atoms with Gasteiger partial charge in [-0.1, -0.05) is 15.9 Å². The van der Waals surface area contributed by atoms with Crippen LogP contribution in [0.3, 0.4) is 0 Å². The number of hydrazine groups is 1. The van der Waals surface area contributed by atoms with Gasteiger partial charge in [0.25, 0.3) is 0 Å². The van der Waals surface area contributed by atoms with Crippen molar-refractivity contribution in [2.24, 2.45) is 5.84 Å². The summed E-state index contributed by atoms with van der Waals surface area (Å²) in [5, 5.41) is 0. The lowest BCUT2D eigenvalue weighted by Gasteiger charge is -2.19. The van der Waals surface area contributed by atoms with Crippen LogP contribution in [0, 0.1) is 3.57 Å². The molecule has 1 aromatic rings. The first-order valence-electron chi connectivity index (χ1n) is 5.07. The standard InChI is InChI=1S/C11H16BrIN2O/c1-7(2)16-6-11(15-14)9-5-8(13)3-4-10(9)12/h3-5,7,11,15H,6,14H2,1-2H3. The van der Waals surface area contributed by atoms with Crippen LogP contribution in [0.25, 0.3) is 0 Å². The number of nitrogens with two attached hydrogens (primary N) is 1. The first-order chi connectivity index (χ1) is 7.54. The van der Waals surface area contributed by atoms with Crippen molar-refractivity contribution in [1.29, 1.82) is 0 Å². The van der Waals surface area contributed by atoms with E-state index in [2.05, 4.69) is 50.0 Å². The first-order valence-corrected chi connectivity index (χ1v) is 6.94. The van der Waals surface area contributed by atoms with E-state index in [0.29, 0.717) is 6.61 Å². The molecule has 0 aliphatic rings. The summed E-state index contributed by atoms with van der Waals surface area (Å²) in [7, 11) is 0. The molecule has 0 fully saturated rings. The van der Waals surface area contributed by atoms with E-state index in [1.165, 1.54) is 3.57 Å². The average Bonchev–Trinajstić information content (AvgIpc) is 2.23. The van der Waals surface area contributed by atoms with Crippen molar-refractivity contribution in [3.05, 3.63) is 31.8 Å². The molecule has 0 saturated carbocycles. The van der Waals surface area contributed by atoms with Gasteiger partial charge in [0.1, 0.15) is 0 Å². The molecule has 0 radical (unpaired) electrons. The fourth-order valence-corrected chi connectivity index (χ4v) is 2.34. The smallest absolute Gasteiger partial charge is 0.0705 e. The van der Waals surface area contributed by atoms with E-state index in [0.717, 1.165) is 10.0 Å². The van der Waals surface area contributed by atoms with E-state index in [9.17, 15) is 0 Å². The van der Waals surface area contributed by atoms with Crippen LogP contribution in [0.15, 0.2) is 22.7 Å². The molecule has 0 saturated heterocycles. The second-order valence-electron chi connectivity index (χ2n) is 3.77. The van der Waals surface area contributed by atoms with E-state index in [1.807, 2.05) is 26.0 Å². The zero-order valence-corrected chi connectivity index (χ0v) is 13.1. The predicted octanol–water partition coefficient (Wildman–Crippen LogP) is 2.98. The van der Waals surface area contributed by atoms with Crippen molar-refractivity contribution in [3.63, 3.8) is 0 Å². The maximum atomic E-state index is 5.58. The number of hydrogen-bond donors (Lipinski definition) is 2. The van der Waals surface area contributed by atoms with Gasteiger partial charge in [-0.15, -0.1) is 0 Å². The summed E-state index contributed by atoms with van der Waals surface area (Å²) in [6.45, 7) is 4.58. The Bertz CT molecular complexity index is 347. The fourth-order valence-electron chi connectivity index (χ4n) is 1.30. The van der Waals surface area contributed by atoms with Crippen molar-refractivity contribution < 1.29 is 4.74 Å². The lowest BCUT2D eigenvalue weighted by molar-refractivity contribution is 0.0610. The van der Waals surface area contributed by atoms with Crippen LogP contribution >= 0.6 is 38.5 Å². The molecular weight excluding hydrogens is 383 g/mol. The number of halogens is 2. The van der Waals surface area contributed by atoms with E-state index >= 15 is 0 Å². The van der Waals surface area contributed by atoms with Crippen LogP contribution < -0.4 is 11.3 Å². The van der Waals surface area contributed by atoms with Gasteiger partial charge in [0, 0.05) is 8.04 Å². The van der Waals surface area contributed by atoms with E-state index in [-0.39, 0.29) is 12.1 Å². The minimum absolute atomic E-state index is 0.00601. The highest BCUT2D eigenvalue weighted by Crippen LogP contribution is 2.25. The third-order valence-corrected chi connectivity index (χ3v) is 3.52. The quantitative estimate of drug-likeness (QED) is 0.455. The Morgan fingerprint density at radius 2 is 2.19 bits per heavy atom. The molecule has 1 aromatic carbocycles. The third kappa shape index (κ3) is 4.29. The largest absolute Gasteiger partial charge is 0.377 e. The molecule has 5 heteroatoms. The first kappa shape index (κ1) is 14.4. The highest BCUT2D eigenvalue weighted by Gasteiger charge is 2.14. The Hall–Kier alpha value is 0.310. The highest BCUT2D eigenvalue weighted by molar-refractivity contribution is 14.1. The van der Waals surface area contributed by atoms with Crippen LogP contribution in [0.5, 0.6) is 0 Å². The topological polar surface area (TPSA) is 47.3 Å². The Balaban J connectivity index is 2.81. The second-order valence-corrected chi connectivity index (χ2v) is 5.87. The van der Waals surface area contributed by atoms with Gasteiger partial charge in [0.15, 0.2) is 0 Å². The van der Waals surface area contributed by atoms with Gasteiger partial charge in [0.05, 0.1) is 18.8 Å². The van der Waals surface area contributed by atoms with Crippen molar-refractivity contribution in [3.8, 4) is 0 Å². The van der Waals surface area contributed by atoms with Gasteiger partial charge in [0.2, 0.25) is 0 Å². The van der Waals surface area contributed by atoms with Gasteiger partial charge in [-0.25, -0.2) is 0 Å². The zero-order valence-electron chi connectivity index (χ0n) is 9.34. The lowest BCUT2D eigenvalue weighted by Crippen LogP contribution is -2.32. The molecule has 0 aliphatic heterocycles. The molecule has 0 spiro atoms. The molecule has 0 heterocycles. The fraction of sp³-hybridized carbons (Fsp3) is 0.455. The van der Waals surface area contributed by atoms with Crippen LogP contribution in [0.2, 0.25) is 0 Å². The van der Waals surface area contributed by atoms with Crippen LogP contribution in [0.4, 0.5) is 0 Å². The number of benzene rings is 1. The summed E-state index contributed by atoms with van der Waals surface area (Å²) >= 11 is 5.81. The van der Waals surface area contributed by atoms with Gasteiger partial charge in [-0.3, -0.25) is 11.3 Å². The highest BCUT2D eigenvalue weighted by atomic mass is 127. The van der Waals surface area contributed by atoms with Crippen molar-refractivity contribution >= 4 is 38.5 Å². The molecule has 1 unspecified atom stereocenters. The molecular formula is C11H16BrIN2O. The minimum atomic E-state index is 0.00601. The molecule has 0 bridgehead atoms. The van der Waals surface area contributed by atoms with Gasteiger partial charge in [-0.2, -0.15) is 0 Å². The molecule has 3 N–H and O–H groups in total. The summed E-state index contributed by atoms with van der Waals surface area (Å²) in [5.41, 5.74) is 3.90. The summed E-state index contributed by atoms with van der Waals surface area (Å²) < 4.78 is 7.80. The Labute approximate surface area is 118 Å². The Morgan fingerprint density at radius 1 is 1.50 bits per heavy atom. The lowest BCUT2D eigenvalue weighted by atomic mass is 10.1. The Kier molecular flexibility index (Phi) is 6.20. The average molecular weight is 399 g/mol. The Morgan fingerprint density at radius 3 is 2.75 bits per heavy atom. The number of ether oxygens (including phenoxy) is 1. The maximum Gasteiger partial charge on any atom is 0.0705 e. The van der Waals surface area contributed by atoms with Crippen LogP contribution in [-0.2, 0) is 4.74 Å². The zero-order chi connectivity index (χ0) is 12.1. The van der Waals surface area contributed by atoms with E-state index < -0.39 is 0 Å². The number of rotatable bonds is 5. The molecule has 3 nitrogen and oxygen atoms in total. The molecule has 0 aromatic heterocycles. The van der Waals surface area contributed by atoms with Gasteiger partial charge >= 0.3 is 0 Å². The molecule has 1 atom stereocenters. The minimum Gasteiger partial charge on any atom is -0.377 e. The third-order valence-electron chi connectivity index (χ3n) is 2.13. The molecule has 90 valence electrons. The number of nitrogens with one attached hydrogen (secondary N) is 1. The molecule has 0 aliphatic carbocycles. The van der Waals surface area contributed by atoms with Crippen LogP contribution in [-0.4, -0.2) is 12.7 Å². The predicted molar refractivity (Wildman–Crippen MR) is 78.0 cm³/mol. The van der Waals surface area contributed by atoms with Crippen molar-refractivity contribution in [2.45, 2.75) is 26.0 Å². The monoisotopic (exact) mass is 398 g/mol. The van der Waals surface area contributed by atoms with Crippen molar-refractivity contribution in [1.82, 2.24) is 5.43 Å². The normalized spacial score (nSPS) is 13.1. The van der Waals surface area contributed by atoms with Gasteiger partial charge < -0.3 is 4.74 Å². The SMILES string of the molecule is CC(C)OCC(NN)c1cc(I)ccc1Br. The maximum absolute atomic E-state index is 5.58. The molecule has 0 amide bonds. The van der Waals surface area contributed by atoms with E-state index in [4.69, 9.17) is 10.6 Å². The van der Waals surface area contributed by atoms with Gasteiger partial charge in [-0.05, 0) is 60.2 Å². The number of hydrogen-bond acceptors (Lipinski definition) is 3. The summed E-state index contributed by atoms with van der Waals surface area (Å²) in [6, 6.07) is 6.17. The molecule has 16 heavy (non-hydrogen) atoms. The molecule has 1 rings (SSSR count). The second kappa shape index (κ2) is 6.90. The summed E-state index contributed by atoms with van der Waals surface area (Å²) in [4.78, 5) is 0.